The Labute approximate surface area is 91.2 Å². The van der Waals surface area contributed by atoms with Crippen molar-refractivity contribution in [2.45, 2.75) is 38.9 Å². The fourth-order valence-corrected chi connectivity index (χ4v) is 2.09. The molecule has 0 spiro atoms. The number of rotatable bonds is 2. The minimum atomic E-state index is -0.218. The number of morpholine rings is 1. The lowest BCUT2D eigenvalue weighted by molar-refractivity contribution is -0.157. The summed E-state index contributed by atoms with van der Waals surface area (Å²) in [5, 5.41) is 0. The van der Waals surface area contributed by atoms with Crippen molar-refractivity contribution in [1.82, 2.24) is 4.90 Å². The summed E-state index contributed by atoms with van der Waals surface area (Å²) in [5.41, 5.74) is -0.218. The molecule has 0 aromatic rings. The van der Waals surface area contributed by atoms with Gasteiger partial charge in [0.25, 0.3) is 0 Å². The monoisotopic (exact) mass is 217 g/mol. The third-order valence-electron chi connectivity index (χ3n) is 2.25. The molecule has 1 heterocycles. The number of ether oxygens (including phenoxy) is 1. The highest BCUT2D eigenvalue weighted by Crippen LogP contribution is 2.21. The van der Waals surface area contributed by atoms with E-state index in [1.165, 1.54) is 0 Å². The summed E-state index contributed by atoms with van der Waals surface area (Å²) in [5.74, 6) is 0.800. The first-order valence-electron chi connectivity index (χ1n) is 5.01. The smallest absolute Gasteiger partial charge is 0.223 e. The molecule has 0 N–H and O–H groups in total. The van der Waals surface area contributed by atoms with Gasteiger partial charge in [-0.1, -0.05) is 0 Å². The third kappa shape index (κ3) is 3.17. The molecular weight excluding hydrogens is 198 g/mol. The Morgan fingerprint density at radius 2 is 2.29 bits per heavy atom. The zero-order valence-corrected chi connectivity index (χ0v) is 10.0. The number of hydrogen-bond acceptors (Lipinski definition) is 3. The average molecular weight is 217 g/mol. The first-order valence-corrected chi connectivity index (χ1v) is 5.64. The minimum absolute atomic E-state index is 0.127. The molecule has 0 bridgehead atoms. The van der Waals surface area contributed by atoms with Crippen molar-refractivity contribution in [2.75, 3.05) is 18.8 Å². The van der Waals surface area contributed by atoms with Crippen LogP contribution in [0.5, 0.6) is 0 Å². The van der Waals surface area contributed by atoms with Gasteiger partial charge in [-0.25, -0.2) is 0 Å². The van der Waals surface area contributed by atoms with Crippen LogP contribution in [0.4, 0.5) is 0 Å². The van der Waals surface area contributed by atoms with E-state index in [1.807, 2.05) is 25.7 Å². The standard InChI is InChI=1S/C10H19NO2S/c1-8-6-11(9(12)4-5-14)7-10(2,3)13-8/h8,14H,4-7H2,1-3H3. The van der Waals surface area contributed by atoms with Gasteiger partial charge >= 0.3 is 0 Å². The predicted octanol–water partition coefficient (Wildman–Crippen LogP) is 1.33. The van der Waals surface area contributed by atoms with E-state index in [-0.39, 0.29) is 17.6 Å². The Bertz CT molecular complexity index is 218. The molecule has 0 aromatic heterocycles. The average Bonchev–Trinajstić information content (AvgIpc) is 2.00. The third-order valence-corrected chi connectivity index (χ3v) is 2.47. The Kier molecular flexibility index (Phi) is 3.84. The number of hydrogen-bond donors (Lipinski definition) is 1. The van der Waals surface area contributed by atoms with E-state index in [9.17, 15) is 4.79 Å². The normalized spacial score (nSPS) is 26.3. The van der Waals surface area contributed by atoms with Gasteiger partial charge in [0.1, 0.15) is 0 Å². The summed E-state index contributed by atoms with van der Waals surface area (Å²) in [6.45, 7) is 7.43. The van der Waals surface area contributed by atoms with Crippen molar-refractivity contribution in [1.29, 1.82) is 0 Å². The molecule has 14 heavy (non-hydrogen) atoms. The molecule has 1 amide bonds. The van der Waals surface area contributed by atoms with Crippen LogP contribution in [0, 0.1) is 0 Å². The quantitative estimate of drug-likeness (QED) is 0.707. The summed E-state index contributed by atoms with van der Waals surface area (Å²) >= 11 is 4.07. The van der Waals surface area contributed by atoms with Crippen LogP contribution in [0.1, 0.15) is 27.2 Å². The van der Waals surface area contributed by atoms with E-state index in [2.05, 4.69) is 12.6 Å². The fraction of sp³-hybridized carbons (Fsp3) is 0.900. The number of carbonyl (C=O) groups excluding carboxylic acids is 1. The van der Waals surface area contributed by atoms with Gasteiger partial charge in [-0.15, -0.1) is 0 Å². The molecule has 0 radical (unpaired) electrons. The minimum Gasteiger partial charge on any atom is -0.369 e. The van der Waals surface area contributed by atoms with Gasteiger partial charge in [-0.3, -0.25) is 4.79 Å². The van der Waals surface area contributed by atoms with Gasteiger partial charge in [0, 0.05) is 19.5 Å². The Balaban J connectivity index is 2.57. The molecule has 1 unspecified atom stereocenters. The van der Waals surface area contributed by atoms with Crippen molar-refractivity contribution in [3.8, 4) is 0 Å². The SMILES string of the molecule is CC1CN(C(=O)CCS)CC(C)(C)O1. The molecule has 4 heteroatoms. The maximum atomic E-state index is 11.7. The highest BCUT2D eigenvalue weighted by Gasteiger charge is 2.33. The van der Waals surface area contributed by atoms with Gasteiger partial charge in [-0.2, -0.15) is 12.6 Å². The zero-order valence-electron chi connectivity index (χ0n) is 9.12. The van der Waals surface area contributed by atoms with Crippen LogP contribution in [-0.4, -0.2) is 41.4 Å². The van der Waals surface area contributed by atoms with Gasteiger partial charge < -0.3 is 9.64 Å². The van der Waals surface area contributed by atoms with Crippen molar-refractivity contribution in [2.24, 2.45) is 0 Å². The lowest BCUT2D eigenvalue weighted by atomic mass is 10.1. The second kappa shape index (κ2) is 4.53. The fourth-order valence-electron chi connectivity index (χ4n) is 1.90. The van der Waals surface area contributed by atoms with Crippen LogP contribution < -0.4 is 0 Å². The molecule has 82 valence electrons. The molecule has 0 aromatic carbocycles. The highest BCUT2D eigenvalue weighted by molar-refractivity contribution is 7.80. The van der Waals surface area contributed by atoms with E-state index < -0.39 is 0 Å². The van der Waals surface area contributed by atoms with Crippen LogP contribution in [0.25, 0.3) is 0 Å². The molecule has 1 rings (SSSR count). The summed E-state index contributed by atoms with van der Waals surface area (Å²) in [6, 6.07) is 0. The van der Waals surface area contributed by atoms with Crippen molar-refractivity contribution < 1.29 is 9.53 Å². The van der Waals surface area contributed by atoms with Gasteiger partial charge in [0.2, 0.25) is 5.91 Å². The Morgan fingerprint density at radius 1 is 1.64 bits per heavy atom. The summed E-state index contributed by atoms with van der Waals surface area (Å²) in [7, 11) is 0. The van der Waals surface area contributed by atoms with Crippen molar-refractivity contribution >= 4 is 18.5 Å². The highest BCUT2D eigenvalue weighted by atomic mass is 32.1. The molecule has 1 aliphatic heterocycles. The maximum Gasteiger partial charge on any atom is 0.223 e. The van der Waals surface area contributed by atoms with Crippen LogP contribution in [0.15, 0.2) is 0 Å². The Hall–Kier alpha value is -0.220. The van der Waals surface area contributed by atoms with Gasteiger partial charge in [0.15, 0.2) is 0 Å². The number of thiol groups is 1. The van der Waals surface area contributed by atoms with E-state index in [1.54, 1.807) is 0 Å². The second-order valence-corrected chi connectivity index (χ2v) is 4.88. The summed E-state index contributed by atoms with van der Waals surface area (Å²) < 4.78 is 5.72. The number of carbonyl (C=O) groups is 1. The van der Waals surface area contributed by atoms with E-state index >= 15 is 0 Å². The van der Waals surface area contributed by atoms with E-state index in [4.69, 9.17) is 4.74 Å². The summed E-state index contributed by atoms with van der Waals surface area (Å²) in [4.78, 5) is 13.5. The molecular formula is C10H19NO2S. The van der Waals surface area contributed by atoms with E-state index in [0.717, 1.165) is 0 Å². The maximum absolute atomic E-state index is 11.7. The largest absolute Gasteiger partial charge is 0.369 e. The lowest BCUT2D eigenvalue weighted by Crippen LogP contribution is -2.53. The van der Waals surface area contributed by atoms with Crippen molar-refractivity contribution in [3.05, 3.63) is 0 Å². The molecule has 0 saturated carbocycles. The van der Waals surface area contributed by atoms with Crippen LogP contribution in [0.3, 0.4) is 0 Å². The predicted molar refractivity (Wildman–Crippen MR) is 59.7 cm³/mol. The van der Waals surface area contributed by atoms with Crippen LogP contribution in [0.2, 0.25) is 0 Å². The van der Waals surface area contributed by atoms with Crippen LogP contribution >= 0.6 is 12.6 Å². The molecule has 1 saturated heterocycles. The molecule has 3 nitrogen and oxygen atoms in total. The summed E-state index contributed by atoms with van der Waals surface area (Å²) in [6.07, 6.45) is 0.647. The first-order chi connectivity index (χ1) is 6.44. The van der Waals surface area contributed by atoms with Gasteiger partial charge in [-0.05, 0) is 26.5 Å². The zero-order chi connectivity index (χ0) is 10.8. The molecule has 1 aliphatic rings. The van der Waals surface area contributed by atoms with Gasteiger partial charge in [0.05, 0.1) is 11.7 Å². The van der Waals surface area contributed by atoms with Crippen molar-refractivity contribution in [3.63, 3.8) is 0 Å². The number of amides is 1. The van der Waals surface area contributed by atoms with Crippen LogP contribution in [-0.2, 0) is 9.53 Å². The molecule has 1 fully saturated rings. The topological polar surface area (TPSA) is 29.5 Å². The Morgan fingerprint density at radius 3 is 2.79 bits per heavy atom. The first kappa shape index (κ1) is 11.9. The number of nitrogens with zero attached hydrogens (tertiary/aromatic N) is 1. The molecule has 0 aliphatic carbocycles. The molecule has 1 atom stereocenters. The lowest BCUT2D eigenvalue weighted by Gasteiger charge is -2.41. The van der Waals surface area contributed by atoms with E-state index in [0.29, 0.717) is 25.3 Å². The second-order valence-electron chi connectivity index (χ2n) is 4.44.